The predicted molar refractivity (Wildman–Crippen MR) is 114 cm³/mol. The molecule has 1 saturated heterocycles. The number of rotatable bonds is 6. The predicted octanol–water partition coefficient (Wildman–Crippen LogP) is 4.68. The van der Waals surface area contributed by atoms with Crippen LogP contribution in [-0.2, 0) is 22.5 Å². The molecule has 1 aliphatic heterocycles. The van der Waals surface area contributed by atoms with Gasteiger partial charge in [-0.25, -0.2) is 8.78 Å². The van der Waals surface area contributed by atoms with Crippen LogP contribution in [0.2, 0.25) is 0 Å². The Kier molecular flexibility index (Phi) is 6.37. The maximum absolute atomic E-state index is 13.6. The quantitative estimate of drug-likeness (QED) is 0.627. The first-order valence-corrected chi connectivity index (χ1v) is 10.4. The molecule has 0 radical (unpaired) electrons. The third-order valence-electron chi connectivity index (χ3n) is 5.88. The van der Waals surface area contributed by atoms with Crippen LogP contribution in [0, 0.1) is 17.0 Å². The van der Waals surface area contributed by atoms with E-state index in [-0.39, 0.29) is 5.91 Å². The summed E-state index contributed by atoms with van der Waals surface area (Å²) in [6, 6.07) is 15.3. The highest BCUT2D eigenvalue weighted by Gasteiger charge is 2.39. The standard InChI is InChI=1S/C25H24F2N2O2/c26-22-6-5-21(15-23(22)27)20-3-1-18(2-4-20)16-25(9-13-31-14-10-25)24(30)29-17-19-7-11-28-12-8-19/h1-8,11-12,15H,9-10,13-14,16-17H2,(H,29,30). The van der Waals surface area contributed by atoms with Crippen molar-refractivity contribution in [2.24, 2.45) is 5.41 Å². The molecule has 1 aliphatic rings. The van der Waals surface area contributed by atoms with Gasteiger partial charge in [-0.15, -0.1) is 0 Å². The van der Waals surface area contributed by atoms with Crippen molar-refractivity contribution < 1.29 is 18.3 Å². The van der Waals surface area contributed by atoms with Crippen LogP contribution in [0.3, 0.4) is 0 Å². The molecule has 4 nitrogen and oxygen atoms in total. The van der Waals surface area contributed by atoms with Gasteiger partial charge in [0, 0.05) is 32.2 Å². The first-order valence-electron chi connectivity index (χ1n) is 10.4. The number of amides is 1. The molecule has 2 aromatic carbocycles. The number of pyridine rings is 1. The van der Waals surface area contributed by atoms with E-state index >= 15 is 0 Å². The third kappa shape index (κ3) is 4.97. The Bertz CT molecular complexity index is 1030. The number of nitrogens with one attached hydrogen (secondary N) is 1. The Morgan fingerprint density at radius 1 is 0.903 bits per heavy atom. The van der Waals surface area contributed by atoms with Crippen LogP contribution >= 0.6 is 0 Å². The molecule has 1 amide bonds. The van der Waals surface area contributed by atoms with Gasteiger partial charge in [0.05, 0.1) is 5.41 Å². The van der Waals surface area contributed by atoms with Gasteiger partial charge in [0.1, 0.15) is 0 Å². The van der Waals surface area contributed by atoms with Crippen molar-refractivity contribution in [1.82, 2.24) is 10.3 Å². The van der Waals surface area contributed by atoms with Crippen molar-refractivity contribution in [3.63, 3.8) is 0 Å². The van der Waals surface area contributed by atoms with Gasteiger partial charge < -0.3 is 10.1 Å². The lowest BCUT2D eigenvalue weighted by atomic mass is 9.74. The maximum Gasteiger partial charge on any atom is 0.226 e. The van der Waals surface area contributed by atoms with Gasteiger partial charge in [-0.2, -0.15) is 0 Å². The molecule has 0 saturated carbocycles. The van der Waals surface area contributed by atoms with E-state index < -0.39 is 17.0 Å². The van der Waals surface area contributed by atoms with Crippen molar-refractivity contribution in [2.75, 3.05) is 13.2 Å². The lowest BCUT2D eigenvalue weighted by Gasteiger charge is -2.36. The minimum atomic E-state index is -0.867. The van der Waals surface area contributed by atoms with Crippen LogP contribution < -0.4 is 5.32 Å². The Morgan fingerprint density at radius 3 is 2.26 bits per heavy atom. The summed E-state index contributed by atoms with van der Waals surface area (Å²) >= 11 is 0. The average Bonchev–Trinajstić information content (AvgIpc) is 2.81. The zero-order chi connectivity index (χ0) is 21.7. The normalized spacial score (nSPS) is 15.4. The van der Waals surface area contributed by atoms with E-state index in [0.717, 1.165) is 22.8 Å². The van der Waals surface area contributed by atoms with E-state index in [1.807, 2.05) is 36.4 Å². The van der Waals surface area contributed by atoms with Gasteiger partial charge in [0.2, 0.25) is 5.91 Å². The fourth-order valence-corrected chi connectivity index (χ4v) is 4.00. The minimum absolute atomic E-state index is 0.0253. The summed E-state index contributed by atoms with van der Waals surface area (Å²) in [4.78, 5) is 17.2. The zero-order valence-corrected chi connectivity index (χ0v) is 17.1. The summed E-state index contributed by atoms with van der Waals surface area (Å²) in [7, 11) is 0. The van der Waals surface area contributed by atoms with Crippen molar-refractivity contribution in [2.45, 2.75) is 25.8 Å². The van der Waals surface area contributed by atoms with Gasteiger partial charge in [-0.3, -0.25) is 9.78 Å². The number of hydrogen-bond acceptors (Lipinski definition) is 3. The number of benzene rings is 2. The van der Waals surface area contributed by atoms with E-state index in [1.165, 1.54) is 6.07 Å². The lowest BCUT2D eigenvalue weighted by Crippen LogP contribution is -2.45. The Morgan fingerprint density at radius 2 is 1.58 bits per heavy atom. The summed E-state index contributed by atoms with van der Waals surface area (Å²) in [5, 5.41) is 3.08. The fourth-order valence-electron chi connectivity index (χ4n) is 4.00. The van der Waals surface area contributed by atoms with E-state index in [1.54, 1.807) is 18.5 Å². The molecule has 1 aromatic heterocycles. The Hall–Kier alpha value is -3.12. The van der Waals surface area contributed by atoms with Gasteiger partial charge in [-0.05, 0) is 65.8 Å². The molecule has 0 spiro atoms. The Balaban J connectivity index is 1.49. The summed E-state index contributed by atoms with van der Waals surface area (Å²) in [5.41, 5.74) is 2.90. The van der Waals surface area contributed by atoms with Crippen molar-refractivity contribution in [3.8, 4) is 11.1 Å². The highest BCUT2D eigenvalue weighted by molar-refractivity contribution is 5.83. The minimum Gasteiger partial charge on any atom is -0.381 e. The topological polar surface area (TPSA) is 51.2 Å². The third-order valence-corrected chi connectivity index (χ3v) is 5.88. The molecular weight excluding hydrogens is 398 g/mol. The molecule has 31 heavy (non-hydrogen) atoms. The number of carbonyl (C=O) groups excluding carboxylic acids is 1. The molecule has 4 rings (SSSR count). The summed E-state index contributed by atoms with van der Waals surface area (Å²) in [5.74, 6) is -1.70. The number of carbonyl (C=O) groups is 1. The van der Waals surface area contributed by atoms with E-state index in [9.17, 15) is 13.6 Å². The number of hydrogen-bond donors (Lipinski definition) is 1. The van der Waals surface area contributed by atoms with Crippen LogP contribution in [0.4, 0.5) is 8.78 Å². The zero-order valence-electron chi connectivity index (χ0n) is 17.1. The van der Waals surface area contributed by atoms with Crippen molar-refractivity contribution in [3.05, 3.63) is 89.8 Å². The van der Waals surface area contributed by atoms with Crippen molar-refractivity contribution in [1.29, 1.82) is 0 Å². The van der Waals surface area contributed by atoms with Gasteiger partial charge >= 0.3 is 0 Å². The molecule has 6 heteroatoms. The molecule has 0 aliphatic carbocycles. The van der Waals surface area contributed by atoms with Crippen LogP contribution in [0.5, 0.6) is 0 Å². The number of ether oxygens (including phenoxy) is 1. The molecule has 0 bridgehead atoms. The van der Waals surface area contributed by atoms with Crippen LogP contribution in [0.15, 0.2) is 67.0 Å². The van der Waals surface area contributed by atoms with Gasteiger partial charge in [0.25, 0.3) is 0 Å². The molecule has 2 heterocycles. The van der Waals surface area contributed by atoms with E-state index in [2.05, 4.69) is 10.3 Å². The highest BCUT2D eigenvalue weighted by Crippen LogP contribution is 2.35. The molecular formula is C25H24F2N2O2. The van der Waals surface area contributed by atoms with Crippen LogP contribution in [0.25, 0.3) is 11.1 Å². The van der Waals surface area contributed by atoms with E-state index in [4.69, 9.17) is 4.74 Å². The second-order valence-corrected chi connectivity index (χ2v) is 7.93. The highest BCUT2D eigenvalue weighted by atomic mass is 19.2. The number of nitrogens with zero attached hydrogens (tertiary/aromatic N) is 1. The first kappa shape index (κ1) is 21.1. The largest absolute Gasteiger partial charge is 0.381 e. The second kappa shape index (κ2) is 9.35. The SMILES string of the molecule is O=C(NCc1ccncc1)C1(Cc2ccc(-c3ccc(F)c(F)c3)cc2)CCOCC1. The van der Waals surface area contributed by atoms with Crippen LogP contribution in [0.1, 0.15) is 24.0 Å². The lowest BCUT2D eigenvalue weighted by molar-refractivity contribution is -0.136. The van der Waals surface area contributed by atoms with Crippen LogP contribution in [-0.4, -0.2) is 24.1 Å². The fraction of sp³-hybridized carbons (Fsp3) is 0.280. The number of aromatic nitrogens is 1. The first-order chi connectivity index (χ1) is 15.1. The summed E-state index contributed by atoms with van der Waals surface area (Å²) < 4.78 is 32.3. The maximum atomic E-state index is 13.6. The summed E-state index contributed by atoms with van der Waals surface area (Å²) in [6.07, 6.45) is 5.32. The summed E-state index contributed by atoms with van der Waals surface area (Å²) in [6.45, 7) is 1.56. The smallest absolute Gasteiger partial charge is 0.226 e. The monoisotopic (exact) mass is 422 g/mol. The van der Waals surface area contributed by atoms with Crippen molar-refractivity contribution >= 4 is 5.91 Å². The Labute approximate surface area is 180 Å². The molecule has 0 atom stereocenters. The molecule has 0 unspecified atom stereocenters. The molecule has 1 fully saturated rings. The van der Waals surface area contributed by atoms with E-state index in [0.29, 0.717) is 44.6 Å². The second-order valence-electron chi connectivity index (χ2n) is 7.93. The molecule has 160 valence electrons. The van der Waals surface area contributed by atoms with Gasteiger partial charge in [0.15, 0.2) is 11.6 Å². The average molecular weight is 422 g/mol. The van der Waals surface area contributed by atoms with Gasteiger partial charge in [-0.1, -0.05) is 30.3 Å². The number of halogens is 2. The molecule has 1 N–H and O–H groups in total. The molecule has 3 aromatic rings.